The number of nitrogens with zero attached hydrogens (tertiary/aromatic N) is 2. The van der Waals surface area contributed by atoms with Crippen molar-refractivity contribution in [1.29, 1.82) is 0 Å². The summed E-state index contributed by atoms with van der Waals surface area (Å²) < 4.78 is 0. The van der Waals surface area contributed by atoms with Crippen LogP contribution in [0.5, 0.6) is 0 Å². The van der Waals surface area contributed by atoms with E-state index in [1.165, 1.54) is 0 Å². The van der Waals surface area contributed by atoms with Crippen molar-refractivity contribution in [2.75, 3.05) is 13.1 Å². The van der Waals surface area contributed by atoms with Crippen LogP contribution in [-0.2, 0) is 6.42 Å². The molecule has 0 fully saturated rings. The normalized spacial score (nSPS) is 13.8. The summed E-state index contributed by atoms with van der Waals surface area (Å²) in [5.74, 6) is 0. The van der Waals surface area contributed by atoms with E-state index in [0.717, 1.165) is 31.5 Å². The highest BCUT2D eigenvalue weighted by Crippen LogP contribution is 2.31. The van der Waals surface area contributed by atoms with Gasteiger partial charge in [-0.15, -0.1) is 0 Å². The van der Waals surface area contributed by atoms with Gasteiger partial charge in [0.25, 0.3) is 0 Å². The van der Waals surface area contributed by atoms with Crippen molar-refractivity contribution in [3.63, 3.8) is 0 Å². The smallest absolute Gasteiger partial charge is 0.0764 e. The van der Waals surface area contributed by atoms with Gasteiger partial charge in [-0.1, -0.05) is 39.3 Å². The minimum Gasteiger partial charge on any atom is -0.391 e. The molecule has 114 valence electrons. The van der Waals surface area contributed by atoms with Crippen LogP contribution >= 0.6 is 11.6 Å². The molecule has 0 spiro atoms. The molecule has 1 N–H and O–H groups in total. The molecular weight excluding hydrogens is 272 g/mol. The molecule has 1 unspecified atom stereocenters. The molecule has 0 aliphatic carbocycles. The molecule has 1 atom stereocenters. The minimum atomic E-state index is -0.433. The number of aromatic nitrogens is 1. The molecule has 0 radical (unpaired) electrons. The van der Waals surface area contributed by atoms with Gasteiger partial charge in [0.2, 0.25) is 0 Å². The molecule has 0 aliphatic heterocycles. The van der Waals surface area contributed by atoms with E-state index in [1.54, 1.807) is 12.4 Å². The monoisotopic (exact) mass is 298 g/mol. The summed E-state index contributed by atoms with van der Waals surface area (Å²) in [5.41, 5.74) is 0.781. The highest BCUT2D eigenvalue weighted by atomic mass is 35.5. The lowest BCUT2D eigenvalue weighted by atomic mass is 9.81. The molecule has 0 saturated carbocycles. The minimum absolute atomic E-state index is 0.184. The van der Waals surface area contributed by atoms with E-state index < -0.39 is 6.10 Å². The molecule has 20 heavy (non-hydrogen) atoms. The van der Waals surface area contributed by atoms with Crippen molar-refractivity contribution < 1.29 is 5.11 Å². The third-order valence-electron chi connectivity index (χ3n) is 4.51. The number of aliphatic hydroxyl groups is 1. The van der Waals surface area contributed by atoms with Crippen LogP contribution in [0.3, 0.4) is 0 Å². The summed E-state index contributed by atoms with van der Waals surface area (Å²) in [5, 5.41) is 11.5. The lowest BCUT2D eigenvalue weighted by Gasteiger charge is -2.46. The Kier molecular flexibility index (Phi) is 6.93. The maximum absolute atomic E-state index is 10.8. The van der Waals surface area contributed by atoms with Crippen LogP contribution in [0.25, 0.3) is 0 Å². The second-order valence-electron chi connectivity index (χ2n) is 5.17. The summed E-state index contributed by atoms with van der Waals surface area (Å²) in [6.07, 6.45) is 5.35. The molecule has 0 aliphatic rings. The van der Waals surface area contributed by atoms with Gasteiger partial charge in [-0.05, 0) is 37.6 Å². The first-order chi connectivity index (χ1) is 9.55. The Bertz CT molecular complexity index is 403. The molecule has 0 saturated heterocycles. The number of halogens is 1. The average Bonchev–Trinajstić information content (AvgIpc) is 2.47. The Hall–Kier alpha value is -0.640. The predicted molar refractivity (Wildman–Crippen MR) is 85.2 cm³/mol. The first-order valence-electron chi connectivity index (χ1n) is 7.57. The molecule has 0 aromatic carbocycles. The van der Waals surface area contributed by atoms with E-state index >= 15 is 0 Å². The molecule has 4 heteroatoms. The largest absolute Gasteiger partial charge is 0.391 e. The van der Waals surface area contributed by atoms with Crippen LogP contribution in [0.15, 0.2) is 18.5 Å². The Morgan fingerprint density at radius 3 is 2.30 bits per heavy atom. The molecule has 0 bridgehead atoms. The van der Waals surface area contributed by atoms with Gasteiger partial charge in [0.05, 0.1) is 11.1 Å². The van der Waals surface area contributed by atoms with Gasteiger partial charge in [-0.25, -0.2) is 0 Å². The molecular formula is C16H27ClN2O. The molecule has 1 aromatic heterocycles. The molecule has 1 rings (SSSR count). The fourth-order valence-electron chi connectivity index (χ4n) is 3.20. The van der Waals surface area contributed by atoms with Crippen LogP contribution in [-0.4, -0.2) is 39.7 Å². The Morgan fingerprint density at radius 2 is 1.85 bits per heavy atom. The van der Waals surface area contributed by atoms with Crippen molar-refractivity contribution in [1.82, 2.24) is 9.88 Å². The summed E-state index contributed by atoms with van der Waals surface area (Å²) in [4.78, 5) is 6.37. The molecule has 1 aromatic rings. The van der Waals surface area contributed by atoms with E-state index in [2.05, 4.69) is 37.6 Å². The number of pyridine rings is 1. The second kappa shape index (κ2) is 7.96. The van der Waals surface area contributed by atoms with Crippen molar-refractivity contribution >= 4 is 11.6 Å². The number of hydrogen-bond donors (Lipinski definition) is 1. The first kappa shape index (κ1) is 17.4. The third-order valence-corrected chi connectivity index (χ3v) is 4.85. The Labute approximate surface area is 128 Å². The fourth-order valence-corrected chi connectivity index (χ4v) is 3.40. The lowest BCUT2D eigenvalue weighted by molar-refractivity contribution is -0.0340. The summed E-state index contributed by atoms with van der Waals surface area (Å²) in [7, 11) is 0. The van der Waals surface area contributed by atoms with Crippen molar-refractivity contribution in [3.05, 3.63) is 29.0 Å². The molecule has 0 amide bonds. The number of rotatable bonds is 8. The summed E-state index contributed by atoms with van der Waals surface area (Å²) >= 11 is 6.16. The summed E-state index contributed by atoms with van der Waals surface area (Å²) in [6, 6.07) is 1.89. The van der Waals surface area contributed by atoms with E-state index in [4.69, 9.17) is 11.6 Å². The zero-order valence-corrected chi connectivity index (χ0v) is 13.8. The Balaban J connectivity index is 3.00. The zero-order chi connectivity index (χ0) is 15.2. The number of aliphatic hydroxyl groups excluding tert-OH is 1. The number of hydrogen-bond acceptors (Lipinski definition) is 3. The van der Waals surface area contributed by atoms with Crippen LogP contribution < -0.4 is 0 Å². The highest BCUT2D eigenvalue weighted by molar-refractivity contribution is 6.31. The van der Waals surface area contributed by atoms with Crippen LogP contribution in [0, 0.1) is 0 Å². The average molecular weight is 299 g/mol. The van der Waals surface area contributed by atoms with Crippen LogP contribution in [0.4, 0.5) is 0 Å². The molecule has 3 nitrogen and oxygen atoms in total. The maximum atomic E-state index is 10.8. The molecule has 1 heterocycles. The standard InChI is InChI=1S/C16H27ClN2O/c1-5-16(6-2,19(7-3)8-4)15(20)11-13-9-10-18-12-14(13)17/h9-10,12,15,20H,5-8,11H2,1-4H3. The van der Waals surface area contributed by atoms with Gasteiger partial charge >= 0.3 is 0 Å². The first-order valence-corrected chi connectivity index (χ1v) is 7.94. The highest BCUT2D eigenvalue weighted by Gasteiger charge is 2.39. The van der Waals surface area contributed by atoms with Crippen molar-refractivity contribution in [2.45, 2.75) is 58.6 Å². The van der Waals surface area contributed by atoms with E-state index in [1.807, 2.05) is 6.07 Å². The van der Waals surface area contributed by atoms with Gasteiger partial charge in [0, 0.05) is 24.4 Å². The topological polar surface area (TPSA) is 36.4 Å². The van der Waals surface area contributed by atoms with Crippen molar-refractivity contribution in [3.8, 4) is 0 Å². The number of likely N-dealkylation sites (N-methyl/N-ethyl adjacent to an activating group) is 1. The quantitative estimate of drug-likeness (QED) is 0.797. The maximum Gasteiger partial charge on any atom is 0.0764 e. The van der Waals surface area contributed by atoms with Gasteiger partial charge in [-0.2, -0.15) is 0 Å². The Morgan fingerprint density at radius 1 is 1.25 bits per heavy atom. The van der Waals surface area contributed by atoms with E-state index in [0.29, 0.717) is 11.4 Å². The van der Waals surface area contributed by atoms with Gasteiger partial charge in [0.1, 0.15) is 0 Å². The van der Waals surface area contributed by atoms with E-state index in [-0.39, 0.29) is 5.54 Å². The van der Waals surface area contributed by atoms with Crippen molar-refractivity contribution in [2.24, 2.45) is 0 Å². The predicted octanol–water partition coefficient (Wildman–Crippen LogP) is 3.54. The second-order valence-corrected chi connectivity index (χ2v) is 5.58. The van der Waals surface area contributed by atoms with E-state index in [9.17, 15) is 5.11 Å². The summed E-state index contributed by atoms with van der Waals surface area (Å²) in [6.45, 7) is 10.5. The fraction of sp³-hybridized carbons (Fsp3) is 0.688. The zero-order valence-electron chi connectivity index (χ0n) is 13.1. The third kappa shape index (κ3) is 3.51. The van der Waals surface area contributed by atoms with Crippen LogP contribution in [0.1, 0.15) is 46.1 Å². The van der Waals surface area contributed by atoms with Gasteiger partial charge in [0.15, 0.2) is 0 Å². The van der Waals surface area contributed by atoms with Crippen LogP contribution in [0.2, 0.25) is 5.02 Å². The van der Waals surface area contributed by atoms with Gasteiger partial charge < -0.3 is 5.11 Å². The van der Waals surface area contributed by atoms with Gasteiger partial charge in [-0.3, -0.25) is 9.88 Å². The lowest BCUT2D eigenvalue weighted by Crippen LogP contribution is -2.56. The SMILES string of the molecule is CCN(CC)C(CC)(CC)C(O)Cc1ccncc1Cl.